The van der Waals surface area contributed by atoms with E-state index < -0.39 is 5.82 Å². The summed E-state index contributed by atoms with van der Waals surface area (Å²) < 4.78 is 19.4. The molecule has 1 amide bonds. The normalized spacial score (nSPS) is 14.2. The van der Waals surface area contributed by atoms with Crippen LogP contribution in [0.2, 0.25) is 0 Å². The number of nitrogens with zero attached hydrogens (tertiary/aromatic N) is 2. The summed E-state index contributed by atoms with van der Waals surface area (Å²) in [6, 6.07) is 8.29. The van der Waals surface area contributed by atoms with Gasteiger partial charge in [-0.15, -0.1) is 5.10 Å². The van der Waals surface area contributed by atoms with E-state index in [-0.39, 0.29) is 18.4 Å². The van der Waals surface area contributed by atoms with Gasteiger partial charge in [0, 0.05) is 28.6 Å². The number of carbonyl (C=O) groups is 1. The molecule has 1 aromatic carbocycles. The highest BCUT2D eigenvalue weighted by Gasteiger charge is 2.16. The average molecular weight is 285 g/mol. The third kappa shape index (κ3) is 2.74. The summed E-state index contributed by atoms with van der Waals surface area (Å²) in [4.78, 5) is 15.1. The van der Waals surface area contributed by atoms with Crippen LogP contribution in [0.1, 0.15) is 11.3 Å². The van der Waals surface area contributed by atoms with Gasteiger partial charge in [-0.1, -0.05) is 12.1 Å². The number of aromatic nitrogens is 1. The van der Waals surface area contributed by atoms with Crippen molar-refractivity contribution < 1.29 is 13.9 Å². The van der Waals surface area contributed by atoms with Gasteiger partial charge < -0.3 is 4.74 Å². The minimum absolute atomic E-state index is 0.121. The number of hydrazone groups is 1. The van der Waals surface area contributed by atoms with Crippen LogP contribution >= 0.6 is 0 Å². The monoisotopic (exact) mass is 285 g/mol. The van der Waals surface area contributed by atoms with Gasteiger partial charge in [0.25, 0.3) is 5.91 Å². The number of benzene rings is 1. The van der Waals surface area contributed by atoms with Crippen molar-refractivity contribution >= 4 is 11.8 Å². The molecule has 1 N–H and O–H groups in total. The quantitative estimate of drug-likeness (QED) is 0.918. The van der Waals surface area contributed by atoms with Crippen molar-refractivity contribution in [2.75, 3.05) is 6.61 Å². The van der Waals surface area contributed by atoms with Gasteiger partial charge in [0.15, 0.2) is 6.61 Å². The number of carbonyl (C=O) groups excluding carboxylic acids is 1. The first-order valence-corrected chi connectivity index (χ1v) is 6.36. The Kier molecular flexibility index (Phi) is 3.35. The Labute approximate surface area is 120 Å². The molecule has 0 spiro atoms. The molecule has 0 fully saturated rings. The fraction of sp³-hybridized carbons (Fsp3) is 0.133. The Hall–Kier alpha value is -2.76. The number of amides is 1. The van der Waals surface area contributed by atoms with Gasteiger partial charge in [0.1, 0.15) is 5.82 Å². The molecule has 21 heavy (non-hydrogen) atoms. The molecule has 1 aliphatic heterocycles. The van der Waals surface area contributed by atoms with Crippen LogP contribution in [0, 0.1) is 12.7 Å². The molecule has 0 saturated heterocycles. The molecule has 1 aromatic heterocycles. The predicted molar refractivity (Wildman–Crippen MR) is 75.0 cm³/mol. The number of halogens is 1. The molecule has 0 aliphatic carbocycles. The molecule has 1 aliphatic rings. The first-order valence-electron chi connectivity index (χ1n) is 6.36. The second-order valence-electron chi connectivity index (χ2n) is 4.62. The molecule has 0 unspecified atom stereocenters. The Morgan fingerprint density at radius 2 is 2.05 bits per heavy atom. The summed E-state index contributed by atoms with van der Waals surface area (Å²) in [6.45, 7) is 1.75. The van der Waals surface area contributed by atoms with Crippen LogP contribution in [0.4, 0.5) is 4.39 Å². The third-order valence-electron chi connectivity index (χ3n) is 3.06. The molecular weight excluding hydrogens is 273 g/mol. The van der Waals surface area contributed by atoms with Crippen LogP contribution in [0.5, 0.6) is 0 Å². The van der Waals surface area contributed by atoms with Crippen molar-refractivity contribution in [3.8, 4) is 11.1 Å². The van der Waals surface area contributed by atoms with E-state index in [1.54, 1.807) is 18.3 Å². The van der Waals surface area contributed by atoms with E-state index in [1.165, 1.54) is 6.07 Å². The number of nitrogens with one attached hydrogen (secondary N) is 1. The van der Waals surface area contributed by atoms with Gasteiger partial charge in [-0.25, -0.2) is 9.82 Å². The minimum atomic E-state index is -0.402. The smallest absolute Gasteiger partial charge is 0.278 e. The van der Waals surface area contributed by atoms with E-state index in [1.807, 2.05) is 19.1 Å². The van der Waals surface area contributed by atoms with Crippen LogP contribution in [0.3, 0.4) is 0 Å². The summed E-state index contributed by atoms with van der Waals surface area (Å²) in [5, 5.41) is 3.75. The Morgan fingerprint density at radius 1 is 1.24 bits per heavy atom. The highest BCUT2D eigenvalue weighted by Crippen LogP contribution is 2.23. The zero-order valence-electron chi connectivity index (χ0n) is 11.3. The van der Waals surface area contributed by atoms with E-state index in [2.05, 4.69) is 15.5 Å². The molecule has 106 valence electrons. The molecule has 0 saturated carbocycles. The topological polar surface area (TPSA) is 63.6 Å². The van der Waals surface area contributed by atoms with E-state index in [0.29, 0.717) is 16.7 Å². The molecule has 5 nitrogen and oxygen atoms in total. The van der Waals surface area contributed by atoms with Crippen molar-refractivity contribution in [1.82, 2.24) is 10.4 Å². The SMILES string of the molecule is Cc1ccc(-c2ccc(C3=NNC(=O)CO3)cc2F)cn1. The van der Waals surface area contributed by atoms with Crippen molar-refractivity contribution in [2.45, 2.75) is 6.92 Å². The lowest BCUT2D eigenvalue weighted by atomic mass is 10.0. The lowest BCUT2D eigenvalue weighted by molar-refractivity contribution is -0.124. The van der Waals surface area contributed by atoms with Crippen LogP contribution in [-0.4, -0.2) is 23.4 Å². The third-order valence-corrected chi connectivity index (χ3v) is 3.06. The van der Waals surface area contributed by atoms with Gasteiger partial charge in [0.2, 0.25) is 5.90 Å². The summed E-state index contributed by atoms with van der Waals surface area (Å²) in [6.07, 6.45) is 1.63. The van der Waals surface area contributed by atoms with E-state index in [9.17, 15) is 9.18 Å². The fourth-order valence-electron chi connectivity index (χ4n) is 1.97. The van der Waals surface area contributed by atoms with Gasteiger partial charge in [-0.3, -0.25) is 9.78 Å². The molecule has 0 radical (unpaired) electrons. The van der Waals surface area contributed by atoms with E-state index in [0.717, 1.165) is 5.69 Å². The van der Waals surface area contributed by atoms with Crippen LogP contribution in [0.25, 0.3) is 11.1 Å². The summed E-state index contributed by atoms with van der Waals surface area (Å²) in [5.74, 6) is -0.537. The maximum absolute atomic E-state index is 14.2. The first kappa shape index (κ1) is 13.2. The molecular formula is C15H12FN3O2. The lowest BCUT2D eigenvalue weighted by Crippen LogP contribution is -2.32. The maximum atomic E-state index is 14.2. The lowest BCUT2D eigenvalue weighted by Gasteiger charge is -2.14. The Balaban J connectivity index is 1.93. The zero-order valence-corrected chi connectivity index (χ0v) is 11.3. The Bertz CT molecular complexity index is 726. The second-order valence-corrected chi connectivity index (χ2v) is 4.62. The highest BCUT2D eigenvalue weighted by atomic mass is 19.1. The molecule has 3 rings (SSSR count). The van der Waals surface area contributed by atoms with E-state index >= 15 is 0 Å². The number of rotatable bonds is 2. The minimum Gasteiger partial charge on any atom is -0.466 e. The van der Waals surface area contributed by atoms with Crippen molar-refractivity contribution in [3.63, 3.8) is 0 Å². The molecule has 0 bridgehead atoms. The Morgan fingerprint density at radius 3 is 2.67 bits per heavy atom. The molecule has 2 heterocycles. The second kappa shape index (κ2) is 5.32. The number of hydrogen-bond donors (Lipinski definition) is 1. The van der Waals surface area contributed by atoms with Gasteiger partial charge in [-0.05, 0) is 25.1 Å². The molecule has 2 aromatic rings. The average Bonchev–Trinajstić information content (AvgIpc) is 2.49. The number of ether oxygens (including phenoxy) is 1. The largest absolute Gasteiger partial charge is 0.466 e. The van der Waals surface area contributed by atoms with Crippen LogP contribution in [-0.2, 0) is 9.53 Å². The summed E-state index contributed by atoms with van der Waals surface area (Å²) >= 11 is 0. The van der Waals surface area contributed by atoms with Crippen molar-refractivity contribution in [2.24, 2.45) is 5.10 Å². The highest BCUT2D eigenvalue weighted by molar-refractivity contribution is 5.98. The zero-order chi connectivity index (χ0) is 14.8. The van der Waals surface area contributed by atoms with Crippen molar-refractivity contribution in [1.29, 1.82) is 0 Å². The molecule has 6 heteroatoms. The number of aryl methyl sites for hydroxylation is 1. The molecule has 0 atom stereocenters. The fourth-order valence-corrected chi connectivity index (χ4v) is 1.97. The van der Waals surface area contributed by atoms with Gasteiger partial charge >= 0.3 is 0 Å². The maximum Gasteiger partial charge on any atom is 0.278 e. The summed E-state index contributed by atoms with van der Waals surface area (Å²) in [5.41, 5.74) is 4.78. The van der Waals surface area contributed by atoms with Gasteiger partial charge in [0.05, 0.1) is 0 Å². The van der Waals surface area contributed by atoms with Gasteiger partial charge in [-0.2, -0.15) is 0 Å². The standard InChI is InChI=1S/C15H12FN3O2/c1-9-2-3-11(7-17-9)12-5-4-10(6-13(12)16)15-19-18-14(20)8-21-15/h2-7H,8H2,1H3,(H,18,20). The van der Waals surface area contributed by atoms with E-state index in [4.69, 9.17) is 4.74 Å². The van der Waals surface area contributed by atoms with Crippen molar-refractivity contribution in [3.05, 3.63) is 53.6 Å². The summed E-state index contributed by atoms with van der Waals surface area (Å²) in [7, 11) is 0. The van der Waals surface area contributed by atoms with Crippen LogP contribution < -0.4 is 5.43 Å². The number of pyridine rings is 1. The number of hydrogen-bond acceptors (Lipinski definition) is 4. The predicted octanol–water partition coefficient (Wildman–Crippen LogP) is 2.00. The van der Waals surface area contributed by atoms with Crippen LogP contribution in [0.15, 0.2) is 41.6 Å². The first-order chi connectivity index (χ1) is 10.1.